The van der Waals surface area contributed by atoms with Gasteiger partial charge in [0.1, 0.15) is 11.2 Å². The summed E-state index contributed by atoms with van der Waals surface area (Å²) in [5.41, 5.74) is 8.16. The summed E-state index contributed by atoms with van der Waals surface area (Å²) in [6.07, 6.45) is 10.0. The molecule has 0 saturated carbocycles. The number of ether oxygens (including phenoxy) is 6. The van der Waals surface area contributed by atoms with E-state index in [2.05, 4.69) is 44.3 Å². The van der Waals surface area contributed by atoms with Crippen LogP contribution in [0.3, 0.4) is 0 Å². The van der Waals surface area contributed by atoms with Crippen molar-refractivity contribution in [2.24, 2.45) is 11.8 Å². The van der Waals surface area contributed by atoms with E-state index in [-0.39, 0.29) is 11.9 Å². The highest BCUT2D eigenvalue weighted by molar-refractivity contribution is 6.08. The molecule has 4 saturated heterocycles. The van der Waals surface area contributed by atoms with E-state index < -0.39 is 23.4 Å². The predicted octanol–water partition coefficient (Wildman–Crippen LogP) is 4.57. The van der Waals surface area contributed by atoms with Gasteiger partial charge in [0.25, 0.3) is 0 Å². The number of carbonyl (C=O) groups excluding carboxylic acids is 2. The molecule has 0 radical (unpaired) electrons. The molecule has 2 unspecified atom stereocenters. The fourth-order valence-corrected chi connectivity index (χ4v) is 8.25. The number of nitrogens with zero attached hydrogens (tertiary/aromatic N) is 15. The van der Waals surface area contributed by atoms with Gasteiger partial charge in [-0.1, -0.05) is 0 Å². The van der Waals surface area contributed by atoms with Gasteiger partial charge >= 0.3 is 12.2 Å². The summed E-state index contributed by atoms with van der Waals surface area (Å²) in [7, 11) is 0. The van der Waals surface area contributed by atoms with Crippen LogP contribution in [0, 0.1) is 11.8 Å². The summed E-state index contributed by atoms with van der Waals surface area (Å²) in [6, 6.07) is 0. The third-order valence-corrected chi connectivity index (χ3v) is 11.6. The average Bonchev–Trinajstić information content (AvgIpc) is 4.19. The summed E-state index contributed by atoms with van der Waals surface area (Å²) in [6.45, 7) is 20.2. The van der Waals surface area contributed by atoms with Crippen molar-refractivity contribution in [3.63, 3.8) is 0 Å². The van der Waals surface area contributed by atoms with Crippen molar-refractivity contribution in [1.82, 2.24) is 59.0 Å². The van der Waals surface area contributed by atoms with E-state index in [4.69, 9.17) is 54.1 Å². The van der Waals surface area contributed by atoms with Crippen LogP contribution in [0.4, 0.5) is 33.1 Å². The van der Waals surface area contributed by atoms with E-state index in [1.165, 1.54) is 12.4 Å². The fraction of sp³-hybridized carbons (Fsp3) is 0.565. The first-order valence-corrected chi connectivity index (χ1v) is 23.6. The second kappa shape index (κ2) is 20.7. The summed E-state index contributed by atoms with van der Waals surface area (Å²) in [4.78, 5) is 76.6. The summed E-state index contributed by atoms with van der Waals surface area (Å²) in [5.74, 6) is 3.37. The molecular formula is C46H60N16O8. The highest BCUT2D eigenvalue weighted by Crippen LogP contribution is 2.31. The van der Waals surface area contributed by atoms with Gasteiger partial charge in [-0.3, -0.25) is 0 Å². The largest absolute Gasteiger partial charge is 0.443 e. The van der Waals surface area contributed by atoms with Gasteiger partial charge < -0.3 is 53.1 Å². The maximum Gasteiger partial charge on any atom is 0.427 e. The van der Waals surface area contributed by atoms with Crippen LogP contribution in [0.2, 0.25) is 0 Å². The maximum absolute atomic E-state index is 13.0. The van der Waals surface area contributed by atoms with E-state index >= 15 is 0 Å². The van der Waals surface area contributed by atoms with Crippen LogP contribution in [-0.2, 0) is 41.5 Å². The zero-order valence-electron chi connectivity index (χ0n) is 40.5. The van der Waals surface area contributed by atoms with Crippen LogP contribution >= 0.6 is 0 Å². The SMILES string of the molecule is CC(C)(C)OC(=O)N(C(=O)OC(C)(C)C)c1ncc(-c2nc(N3CCOCC3)c3ncn(CC4CCOC4)c3n2)cn1.Nc1ncc(-c2nc(N3CCOCC3)c3ncn(CC4CCOC4)c3n2)cn1. The third-order valence-electron chi connectivity index (χ3n) is 11.6. The first-order chi connectivity index (χ1) is 33.7. The standard InChI is InChI=1S/C28H38N8O6.C18H22N8O2/c1-27(2,3)41-25(37)36(26(38)42-28(4,5)6)24-29-13-19(14-30-24)21-32-22(34-8-11-39-12-9-34)20-23(33-21)35(17-31-20)15-18-7-10-40-16-18;19-18-20-7-13(8-21-18)15-23-16(25-2-5-27-6-3-25)14-17(24-15)26(11-22-14)9-12-1-4-28-10-12/h13-14,17-18H,7-12,15-16H2,1-6H3;7-8,11-12H,1-6,9-10H2,(H2,19,20,21). The Morgan fingerprint density at radius 1 is 0.600 bits per heavy atom. The van der Waals surface area contributed by atoms with Crippen molar-refractivity contribution in [3.05, 3.63) is 37.4 Å². The van der Waals surface area contributed by atoms with Crippen molar-refractivity contribution in [2.75, 3.05) is 99.5 Å². The average molecular weight is 965 g/mol. The van der Waals surface area contributed by atoms with E-state index in [1.807, 2.05) is 10.9 Å². The van der Waals surface area contributed by atoms with Gasteiger partial charge in [0.15, 0.2) is 45.6 Å². The molecule has 10 heterocycles. The topological polar surface area (TPSA) is 264 Å². The second-order valence-electron chi connectivity index (χ2n) is 19.4. The highest BCUT2D eigenvalue weighted by atomic mass is 16.6. The molecular weight excluding hydrogens is 905 g/mol. The Kier molecular flexibility index (Phi) is 14.3. The van der Waals surface area contributed by atoms with Crippen LogP contribution < -0.4 is 20.4 Å². The minimum Gasteiger partial charge on any atom is -0.443 e. The number of nitrogens with two attached hydrogens (primary N) is 1. The Hall–Kier alpha value is -6.76. The van der Waals surface area contributed by atoms with Crippen molar-refractivity contribution in [3.8, 4) is 22.8 Å². The van der Waals surface area contributed by atoms with Crippen LogP contribution in [0.25, 0.3) is 45.1 Å². The lowest BCUT2D eigenvalue weighted by Gasteiger charge is -2.28. The molecule has 2 atom stereocenters. The van der Waals surface area contributed by atoms with Crippen molar-refractivity contribution in [2.45, 2.75) is 78.7 Å². The summed E-state index contributed by atoms with van der Waals surface area (Å²) >= 11 is 0. The van der Waals surface area contributed by atoms with Gasteiger partial charge in [0.05, 0.1) is 63.4 Å². The number of nitrogen functional groups attached to an aromatic ring is 1. The van der Waals surface area contributed by atoms with Crippen molar-refractivity contribution >= 4 is 58.0 Å². The number of hydrogen-bond acceptors (Lipinski definition) is 21. The molecule has 10 rings (SSSR count). The van der Waals surface area contributed by atoms with Crippen molar-refractivity contribution < 1.29 is 38.0 Å². The molecule has 24 heteroatoms. The molecule has 0 spiro atoms. The predicted molar refractivity (Wildman–Crippen MR) is 256 cm³/mol. The lowest BCUT2D eigenvalue weighted by molar-refractivity contribution is 0.0427. The molecule has 372 valence electrons. The van der Waals surface area contributed by atoms with Crippen LogP contribution in [0.5, 0.6) is 0 Å². The number of imidazole rings is 2. The van der Waals surface area contributed by atoms with Crippen molar-refractivity contribution in [1.29, 1.82) is 0 Å². The zero-order chi connectivity index (χ0) is 49.0. The minimum absolute atomic E-state index is 0.192. The van der Waals surface area contributed by atoms with Gasteiger partial charge in [-0.05, 0) is 54.4 Å². The number of aromatic nitrogens is 12. The molecule has 2 N–H and O–H groups in total. The number of fused-ring (bicyclic) bond motifs is 2. The molecule has 70 heavy (non-hydrogen) atoms. The van der Waals surface area contributed by atoms with Crippen LogP contribution in [0.15, 0.2) is 37.4 Å². The summed E-state index contributed by atoms with van der Waals surface area (Å²) in [5, 5.41) is 0. The Morgan fingerprint density at radius 3 is 1.40 bits per heavy atom. The number of amides is 2. The first kappa shape index (κ1) is 48.3. The van der Waals surface area contributed by atoms with E-state index in [9.17, 15) is 9.59 Å². The maximum atomic E-state index is 13.0. The molecule has 2 amide bonds. The Labute approximate surface area is 404 Å². The number of anilines is 4. The van der Waals surface area contributed by atoms with Gasteiger partial charge in [-0.15, -0.1) is 4.90 Å². The molecule has 0 aromatic carbocycles. The van der Waals surface area contributed by atoms with Crippen LogP contribution in [0.1, 0.15) is 54.4 Å². The lowest BCUT2D eigenvalue weighted by Crippen LogP contribution is -2.44. The lowest BCUT2D eigenvalue weighted by atomic mass is 10.1. The van der Waals surface area contributed by atoms with Gasteiger partial charge in [-0.2, -0.15) is 0 Å². The minimum atomic E-state index is -0.948. The van der Waals surface area contributed by atoms with Gasteiger partial charge in [0, 0.05) is 89.1 Å². The quantitative estimate of drug-likeness (QED) is 0.208. The number of hydrogen-bond donors (Lipinski definition) is 1. The molecule has 4 fully saturated rings. The van der Waals surface area contributed by atoms with E-state index in [1.54, 1.807) is 60.3 Å². The fourth-order valence-electron chi connectivity index (χ4n) is 8.25. The molecule has 4 aliphatic rings. The summed E-state index contributed by atoms with van der Waals surface area (Å²) < 4.78 is 37.2. The third kappa shape index (κ3) is 11.5. The molecule has 6 aromatic heterocycles. The number of imide groups is 1. The second-order valence-corrected chi connectivity index (χ2v) is 19.4. The normalized spacial score (nSPS) is 18.8. The first-order valence-electron chi connectivity index (χ1n) is 23.6. The molecule has 6 aromatic rings. The molecule has 4 aliphatic heterocycles. The van der Waals surface area contributed by atoms with E-state index in [0.717, 1.165) is 81.4 Å². The van der Waals surface area contributed by atoms with E-state index in [0.29, 0.717) is 97.1 Å². The molecule has 24 nitrogen and oxygen atoms in total. The zero-order valence-corrected chi connectivity index (χ0v) is 40.5. The Bertz CT molecular complexity index is 2720. The number of morpholine rings is 2. The molecule has 0 bridgehead atoms. The van der Waals surface area contributed by atoms with Gasteiger partial charge in [0.2, 0.25) is 11.9 Å². The Balaban J connectivity index is 0.000000188. The highest BCUT2D eigenvalue weighted by Gasteiger charge is 2.35. The van der Waals surface area contributed by atoms with Crippen LogP contribution in [-0.4, -0.2) is 161 Å². The number of carbonyl (C=O) groups is 2. The smallest absolute Gasteiger partial charge is 0.427 e. The van der Waals surface area contributed by atoms with Gasteiger partial charge in [-0.25, -0.2) is 59.4 Å². The number of rotatable bonds is 9. The monoisotopic (exact) mass is 964 g/mol. The molecule has 0 aliphatic carbocycles. The Morgan fingerprint density at radius 2 is 1.01 bits per heavy atom.